The highest BCUT2D eigenvalue weighted by Crippen LogP contribution is 2.45. The minimum Gasteiger partial charge on any atom is -0.493 e. The van der Waals surface area contributed by atoms with Crippen LogP contribution < -0.4 is 14.8 Å². The van der Waals surface area contributed by atoms with Gasteiger partial charge in [-0.25, -0.2) is 4.68 Å². The highest BCUT2D eigenvalue weighted by atomic mass is 35.5. The molecule has 1 N–H and O–H groups in total. The molecule has 1 heterocycles. The van der Waals surface area contributed by atoms with Crippen LogP contribution in [0.25, 0.3) is 16.9 Å². The van der Waals surface area contributed by atoms with Crippen molar-refractivity contribution in [1.29, 1.82) is 0 Å². The zero-order valence-corrected chi connectivity index (χ0v) is 17.9. The number of ether oxygens (including phenoxy) is 3. The molecule has 3 aromatic rings. The Bertz CT molecular complexity index is 1190. The van der Waals surface area contributed by atoms with Crippen molar-refractivity contribution in [2.24, 2.45) is 0 Å². The first-order valence-corrected chi connectivity index (χ1v) is 9.83. The summed E-state index contributed by atoms with van der Waals surface area (Å²) in [4.78, 5) is 24.3. The molecular formula is C22H20ClN3O5. The smallest absolute Gasteiger partial charge is 0.325 e. The van der Waals surface area contributed by atoms with E-state index in [0.717, 1.165) is 22.4 Å². The first-order valence-electron chi connectivity index (χ1n) is 9.45. The number of aromatic nitrogens is 2. The Morgan fingerprint density at radius 1 is 1.13 bits per heavy atom. The number of esters is 1. The highest BCUT2D eigenvalue weighted by molar-refractivity contribution is 6.32. The molecule has 0 radical (unpaired) electrons. The van der Waals surface area contributed by atoms with Crippen LogP contribution >= 0.6 is 11.6 Å². The second kappa shape index (κ2) is 8.31. The van der Waals surface area contributed by atoms with Crippen molar-refractivity contribution < 1.29 is 23.8 Å². The van der Waals surface area contributed by atoms with Gasteiger partial charge < -0.3 is 19.5 Å². The first kappa shape index (κ1) is 20.7. The largest absolute Gasteiger partial charge is 0.493 e. The fourth-order valence-corrected chi connectivity index (χ4v) is 3.88. The van der Waals surface area contributed by atoms with Crippen molar-refractivity contribution >= 4 is 23.5 Å². The zero-order chi connectivity index (χ0) is 22.1. The molecule has 2 aromatic carbocycles. The van der Waals surface area contributed by atoms with Gasteiger partial charge in [0.15, 0.2) is 17.2 Å². The number of methoxy groups -OCH3 is 3. The Hall–Kier alpha value is -3.52. The summed E-state index contributed by atoms with van der Waals surface area (Å²) >= 11 is 6.44. The van der Waals surface area contributed by atoms with E-state index < -0.39 is 11.9 Å². The van der Waals surface area contributed by atoms with Crippen LogP contribution in [0.2, 0.25) is 5.02 Å². The zero-order valence-electron chi connectivity index (χ0n) is 17.2. The number of halogens is 1. The fourth-order valence-electron chi connectivity index (χ4n) is 3.66. The van der Waals surface area contributed by atoms with Crippen LogP contribution in [0, 0.1) is 0 Å². The molecule has 9 heteroatoms. The Balaban J connectivity index is 1.88. The van der Waals surface area contributed by atoms with E-state index in [-0.39, 0.29) is 12.2 Å². The molecule has 0 aliphatic heterocycles. The molecule has 1 aliphatic rings. The van der Waals surface area contributed by atoms with Crippen molar-refractivity contribution in [1.82, 2.24) is 15.1 Å². The number of rotatable bonds is 6. The number of nitrogens with zero attached hydrogens (tertiary/aromatic N) is 2. The molecule has 4 rings (SSSR count). The van der Waals surface area contributed by atoms with Gasteiger partial charge in [-0.1, -0.05) is 23.7 Å². The summed E-state index contributed by atoms with van der Waals surface area (Å²) < 4.78 is 17.1. The summed E-state index contributed by atoms with van der Waals surface area (Å²) in [6.45, 7) is -0.252. The van der Waals surface area contributed by atoms with Crippen LogP contribution in [0.1, 0.15) is 21.6 Å². The average molecular weight is 442 g/mol. The Kier molecular flexibility index (Phi) is 5.56. The summed E-state index contributed by atoms with van der Waals surface area (Å²) in [6, 6.07) is 11.0. The highest BCUT2D eigenvalue weighted by Gasteiger charge is 2.33. The number of amides is 1. The van der Waals surface area contributed by atoms with Gasteiger partial charge >= 0.3 is 5.97 Å². The number of hydrogen-bond acceptors (Lipinski definition) is 6. The van der Waals surface area contributed by atoms with Crippen molar-refractivity contribution in [3.63, 3.8) is 0 Å². The molecule has 1 amide bonds. The molecule has 0 bridgehead atoms. The molecule has 8 nitrogen and oxygen atoms in total. The van der Waals surface area contributed by atoms with Crippen LogP contribution in [0.4, 0.5) is 0 Å². The van der Waals surface area contributed by atoms with Crippen molar-refractivity contribution in [3.8, 4) is 28.4 Å². The van der Waals surface area contributed by atoms with E-state index in [1.165, 1.54) is 7.11 Å². The van der Waals surface area contributed by atoms with Gasteiger partial charge in [-0.15, -0.1) is 0 Å². The molecule has 0 saturated carbocycles. The maximum absolute atomic E-state index is 12.9. The molecule has 160 valence electrons. The average Bonchev–Trinajstić information content (AvgIpc) is 3.33. The number of nitrogens with one attached hydrogen (secondary N) is 1. The van der Waals surface area contributed by atoms with Crippen LogP contribution in [0.5, 0.6) is 11.5 Å². The van der Waals surface area contributed by atoms with Crippen molar-refractivity contribution in [3.05, 3.63) is 58.2 Å². The summed E-state index contributed by atoms with van der Waals surface area (Å²) in [5.74, 6) is 0.144. The summed E-state index contributed by atoms with van der Waals surface area (Å²) in [7, 11) is 4.40. The third kappa shape index (κ3) is 3.59. The number of carbonyl (C=O) groups excluding carboxylic acids is 2. The van der Waals surface area contributed by atoms with E-state index in [2.05, 4.69) is 15.2 Å². The van der Waals surface area contributed by atoms with E-state index in [9.17, 15) is 9.59 Å². The summed E-state index contributed by atoms with van der Waals surface area (Å²) in [6.07, 6.45) is 0.469. The lowest BCUT2D eigenvalue weighted by molar-refractivity contribution is -0.139. The van der Waals surface area contributed by atoms with Gasteiger partial charge in [0.25, 0.3) is 5.91 Å². The van der Waals surface area contributed by atoms with Crippen LogP contribution in [-0.2, 0) is 16.0 Å². The minimum absolute atomic E-state index is 0.216. The predicted octanol–water partition coefficient (Wildman–Crippen LogP) is 3.02. The molecule has 0 saturated heterocycles. The number of carbonyl (C=O) groups is 2. The maximum atomic E-state index is 12.9. The standard InChI is InChI=1S/C22H20ClN3O5/c1-29-17-9-12-8-14-20(22(28)24-11-19(27)31-3)25-26(16-7-5-4-6-15(16)23)21(14)13(12)10-18(17)30-2/h4-7,9-10H,8,11H2,1-3H3,(H,24,28). The van der Waals surface area contributed by atoms with Gasteiger partial charge in [0.1, 0.15) is 6.54 Å². The normalized spacial score (nSPS) is 11.5. The monoisotopic (exact) mass is 441 g/mol. The van der Waals surface area contributed by atoms with Gasteiger partial charge in [-0.2, -0.15) is 5.10 Å². The molecule has 1 aliphatic carbocycles. The van der Waals surface area contributed by atoms with Gasteiger partial charge in [-0.3, -0.25) is 9.59 Å². The molecular weight excluding hydrogens is 422 g/mol. The van der Waals surface area contributed by atoms with Crippen LogP contribution in [0.3, 0.4) is 0 Å². The van der Waals surface area contributed by atoms with E-state index in [4.69, 9.17) is 21.1 Å². The lowest BCUT2D eigenvalue weighted by Gasteiger charge is -2.13. The third-order valence-electron chi connectivity index (χ3n) is 5.13. The second-order valence-electron chi connectivity index (χ2n) is 6.84. The lowest BCUT2D eigenvalue weighted by Crippen LogP contribution is -2.31. The maximum Gasteiger partial charge on any atom is 0.325 e. The van der Waals surface area contributed by atoms with Crippen molar-refractivity contribution in [2.75, 3.05) is 27.9 Å². The molecule has 1 aromatic heterocycles. The van der Waals surface area contributed by atoms with Crippen LogP contribution in [-0.4, -0.2) is 49.5 Å². The minimum atomic E-state index is -0.548. The Morgan fingerprint density at radius 2 is 1.84 bits per heavy atom. The Labute approximate surface area is 183 Å². The molecule has 31 heavy (non-hydrogen) atoms. The number of hydrogen-bond donors (Lipinski definition) is 1. The van der Waals surface area contributed by atoms with E-state index >= 15 is 0 Å². The predicted molar refractivity (Wildman–Crippen MR) is 114 cm³/mol. The third-order valence-corrected chi connectivity index (χ3v) is 5.45. The van der Waals surface area contributed by atoms with E-state index in [0.29, 0.717) is 28.6 Å². The summed E-state index contributed by atoms with van der Waals surface area (Å²) in [5, 5.41) is 7.61. The lowest BCUT2D eigenvalue weighted by atomic mass is 10.1. The van der Waals surface area contributed by atoms with Crippen molar-refractivity contribution in [2.45, 2.75) is 6.42 Å². The van der Waals surface area contributed by atoms with Crippen LogP contribution in [0.15, 0.2) is 36.4 Å². The number of fused-ring (bicyclic) bond motifs is 3. The molecule has 0 atom stereocenters. The summed E-state index contributed by atoms with van der Waals surface area (Å²) in [5.41, 5.74) is 4.16. The van der Waals surface area contributed by atoms with E-state index in [1.807, 2.05) is 30.3 Å². The quantitative estimate of drug-likeness (QED) is 0.462. The Morgan fingerprint density at radius 3 is 2.52 bits per heavy atom. The first-order chi connectivity index (χ1) is 15.0. The van der Waals surface area contributed by atoms with Gasteiger partial charge in [-0.05, 0) is 29.8 Å². The molecule has 0 spiro atoms. The topological polar surface area (TPSA) is 91.7 Å². The number of para-hydroxylation sites is 1. The molecule has 0 unspecified atom stereocenters. The second-order valence-corrected chi connectivity index (χ2v) is 7.25. The van der Waals surface area contributed by atoms with E-state index in [1.54, 1.807) is 25.0 Å². The number of benzene rings is 2. The van der Waals surface area contributed by atoms with Gasteiger partial charge in [0.05, 0.1) is 37.7 Å². The molecule has 0 fully saturated rings. The van der Waals surface area contributed by atoms with Gasteiger partial charge in [0, 0.05) is 17.5 Å². The fraction of sp³-hybridized carbons (Fsp3) is 0.227. The SMILES string of the molecule is COC(=O)CNC(=O)c1nn(-c2ccccc2Cl)c2c1Cc1cc(OC)c(OC)cc1-2. The van der Waals surface area contributed by atoms with Gasteiger partial charge in [0.2, 0.25) is 0 Å².